The molecule has 0 fully saturated rings. The van der Waals surface area contributed by atoms with Crippen LogP contribution in [0.5, 0.6) is 5.88 Å². The third kappa shape index (κ3) is 2.83. The van der Waals surface area contributed by atoms with Gasteiger partial charge in [-0.3, -0.25) is 4.79 Å². The minimum absolute atomic E-state index is 0.125. The van der Waals surface area contributed by atoms with Crippen molar-refractivity contribution in [3.63, 3.8) is 0 Å². The second-order valence-electron chi connectivity index (χ2n) is 6.74. The zero-order chi connectivity index (χ0) is 19.0. The van der Waals surface area contributed by atoms with Gasteiger partial charge in [-0.25, -0.2) is 0 Å². The van der Waals surface area contributed by atoms with Crippen molar-refractivity contribution in [1.29, 1.82) is 0 Å². The van der Waals surface area contributed by atoms with Crippen LogP contribution >= 0.6 is 0 Å². The summed E-state index contributed by atoms with van der Waals surface area (Å²) >= 11 is 0. The SMILES string of the molecule is CC12C=CC=CC1=CC(C(=O)N=Nc1c(O)[nH]c3ccccc13)=C(N=O)C2. The van der Waals surface area contributed by atoms with Gasteiger partial charge in [0.1, 0.15) is 0 Å². The summed E-state index contributed by atoms with van der Waals surface area (Å²) in [6.45, 7) is 1.98. The lowest BCUT2D eigenvalue weighted by Gasteiger charge is -2.32. The minimum atomic E-state index is -0.674. The van der Waals surface area contributed by atoms with E-state index in [1.54, 1.807) is 24.3 Å². The van der Waals surface area contributed by atoms with Crippen LogP contribution in [-0.4, -0.2) is 16.0 Å². The number of para-hydroxylation sites is 1. The molecular formula is C20H16N4O3. The zero-order valence-electron chi connectivity index (χ0n) is 14.5. The molecule has 134 valence electrons. The van der Waals surface area contributed by atoms with Crippen molar-refractivity contribution in [2.75, 3.05) is 0 Å². The molecule has 2 aliphatic carbocycles. The lowest BCUT2D eigenvalue weighted by atomic mass is 9.71. The summed E-state index contributed by atoms with van der Waals surface area (Å²) in [6.07, 6.45) is 9.62. The molecule has 27 heavy (non-hydrogen) atoms. The van der Waals surface area contributed by atoms with Crippen molar-refractivity contribution in [2.24, 2.45) is 20.8 Å². The number of hydrogen-bond donors (Lipinski definition) is 2. The molecule has 2 N–H and O–H groups in total. The van der Waals surface area contributed by atoms with Crippen molar-refractivity contribution < 1.29 is 9.90 Å². The summed E-state index contributed by atoms with van der Waals surface area (Å²) in [4.78, 5) is 26.7. The third-order valence-corrected chi connectivity index (χ3v) is 4.90. The molecule has 1 unspecified atom stereocenters. The van der Waals surface area contributed by atoms with Crippen LogP contribution in [0, 0.1) is 10.3 Å². The Morgan fingerprint density at radius 2 is 2.07 bits per heavy atom. The number of fused-ring (bicyclic) bond motifs is 2. The fraction of sp³-hybridized carbons (Fsp3) is 0.150. The number of nitroso groups, excluding NO2 is 1. The predicted octanol–water partition coefficient (Wildman–Crippen LogP) is 4.97. The third-order valence-electron chi connectivity index (χ3n) is 4.90. The fourth-order valence-corrected chi connectivity index (χ4v) is 3.40. The highest BCUT2D eigenvalue weighted by atomic mass is 16.3. The second kappa shape index (κ2) is 6.28. The number of carbonyl (C=O) groups excluding carboxylic acids is 1. The van der Waals surface area contributed by atoms with E-state index in [4.69, 9.17) is 0 Å². The van der Waals surface area contributed by atoms with Gasteiger partial charge in [0.05, 0.1) is 16.8 Å². The molecule has 1 aromatic heterocycles. The van der Waals surface area contributed by atoms with Gasteiger partial charge in [-0.05, 0) is 22.9 Å². The monoisotopic (exact) mass is 360 g/mol. The fourth-order valence-electron chi connectivity index (χ4n) is 3.40. The largest absolute Gasteiger partial charge is 0.493 e. The van der Waals surface area contributed by atoms with Gasteiger partial charge in [0.2, 0.25) is 5.88 Å². The van der Waals surface area contributed by atoms with Crippen LogP contribution in [0.15, 0.2) is 86.9 Å². The second-order valence-corrected chi connectivity index (χ2v) is 6.74. The Hall–Kier alpha value is -3.61. The van der Waals surface area contributed by atoms with E-state index in [1.807, 2.05) is 37.3 Å². The molecule has 2 aromatic rings. The smallest absolute Gasteiger partial charge is 0.297 e. The van der Waals surface area contributed by atoms with Gasteiger partial charge in [-0.2, -0.15) is 0 Å². The number of allylic oxidation sites excluding steroid dienone is 6. The quantitative estimate of drug-likeness (QED) is 0.596. The molecule has 0 bridgehead atoms. The van der Waals surface area contributed by atoms with Gasteiger partial charge in [0.15, 0.2) is 5.69 Å². The maximum atomic E-state index is 12.6. The first-order chi connectivity index (χ1) is 13.0. The van der Waals surface area contributed by atoms with Gasteiger partial charge in [-0.1, -0.05) is 49.4 Å². The highest BCUT2D eigenvalue weighted by Crippen LogP contribution is 2.44. The van der Waals surface area contributed by atoms with Gasteiger partial charge >= 0.3 is 0 Å². The van der Waals surface area contributed by atoms with Gasteiger partial charge < -0.3 is 10.1 Å². The zero-order valence-corrected chi connectivity index (χ0v) is 14.5. The van der Waals surface area contributed by atoms with Crippen molar-refractivity contribution in [3.8, 4) is 5.88 Å². The predicted molar refractivity (Wildman–Crippen MR) is 101 cm³/mol. The molecule has 7 heteroatoms. The first kappa shape index (κ1) is 16.8. The highest BCUT2D eigenvalue weighted by Gasteiger charge is 2.34. The number of benzene rings is 1. The number of nitrogens with one attached hydrogen (secondary N) is 1. The Morgan fingerprint density at radius 3 is 2.89 bits per heavy atom. The van der Waals surface area contributed by atoms with Gasteiger partial charge in [0.25, 0.3) is 5.91 Å². The number of rotatable bonds is 3. The maximum Gasteiger partial charge on any atom is 0.297 e. The van der Waals surface area contributed by atoms with E-state index < -0.39 is 5.91 Å². The molecule has 0 radical (unpaired) electrons. The van der Waals surface area contributed by atoms with Crippen molar-refractivity contribution in [3.05, 3.63) is 76.4 Å². The number of carbonyl (C=O) groups is 1. The number of aromatic hydroxyl groups is 1. The van der Waals surface area contributed by atoms with E-state index in [1.165, 1.54) is 0 Å². The van der Waals surface area contributed by atoms with Crippen LogP contribution in [0.25, 0.3) is 10.9 Å². The Bertz CT molecular complexity index is 1120. The van der Waals surface area contributed by atoms with Crippen LogP contribution < -0.4 is 0 Å². The average Bonchev–Trinajstić information content (AvgIpc) is 2.99. The number of amides is 1. The van der Waals surface area contributed by atoms with Gasteiger partial charge in [0, 0.05) is 17.2 Å². The lowest BCUT2D eigenvalue weighted by Crippen LogP contribution is -2.23. The molecule has 1 aromatic carbocycles. The minimum Gasteiger partial charge on any atom is -0.493 e. The Morgan fingerprint density at radius 1 is 1.26 bits per heavy atom. The van der Waals surface area contributed by atoms with E-state index in [0.29, 0.717) is 17.3 Å². The van der Waals surface area contributed by atoms with Gasteiger partial charge in [-0.15, -0.1) is 15.1 Å². The van der Waals surface area contributed by atoms with E-state index in [2.05, 4.69) is 20.4 Å². The van der Waals surface area contributed by atoms with Crippen LogP contribution in [0.3, 0.4) is 0 Å². The molecule has 0 saturated heterocycles. The summed E-state index contributed by atoms with van der Waals surface area (Å²) in [5.74, 6) is -0.850. The molecule has 0 saturated carbocycles. The number of nitrogens with zero attached hydrogens (tertiary/aromatic N) is 3. The number of aromatic nitrogens is 1. The number of azo groups is 1. The van der Waals surface area contributed by atoms with Crippen LogP contribution in [-0.2, 0) is 4.79 Å². The maximum absolute atomic E-state index is 12.6. The molecule has 1 amide bonds. The molecule has 7 nitrogen and oxygen atoms in total. The summed E-state index contributed by atoms with van der Waals surface area (Å²) in [6, 6.07) is 7.15. The summed E-state index contributed by atoms with van der Waals surface area (Å²) < 4.78 is 0. The number of aromatic amines is 1. The number of hydrogen-bond acceptors (Lipinski definition) is 5. The van der Waals surface area contributed by atoms with E-state index >= 15 is 0 Å². The van der Waals surface area contributed by atoms with Crippen LogP contribution in [0.4, 0.5) is 5.69 Å². The standard InChI is InChI=1S/C20H16N4O3/c1-20-9-5-4-6-12(20)10-14(16(11-20)24-27)18(25)23-22-17-13-7-2-3-8-15(13)21-19(17)26/h2-10,21,26H,11H2,1H3. The topological polar surface area (TPSA) is 107 Å². The lowest BCUT2D eigenvalue weighted by molar-refractivity contribution is -0.114. The van der Waals surface area contributed by atoms with E-state index in [-0.39, 0.29) is 28.3 Å². The first-order valence-corrected chi connectivity index (χ1v) is 8.42. The molecule has 0 aliphatic heterocycles. The Kier molecular flexibility index (Phi) is 3.92. The normalized spacial score (nSPS) is 21.6. The first-order valence-electron chi connectivity index (χ1n) is 8.42. The number of H-pyrrole nitrogens is 1. The van der Waals surface area contributed by atoms with Crippen LogP contribution in [0.1, 0.15) is 13.3 Å². The Labute approximate surface area is 154 Å². The Balaban J connectivity index is 1.70. The summed E-state index contributed by atoms with van der Waals surface area (Å²) in [5.41, 5.74) is 1.67. The van der Waals surface area contributed by atoms with Crippen molar-refractivity contribution in [2.45, 2.75) is 13.3 Å². The molecule has 0 spiro atoms. The van der Waals surface area contributed by atoms with Crippen molar-refractivity contribution >= 4 is 22.5 Å². The average molecular weight is 360 g/mol. The molecule has 1 heterocycles. The molecular weight excluding hydrogens is 344 g/mol. The highest BCUT2D eigenvalue weighted by molar-refractivity contribution is 5.99. The van der Waals surface area contributed by atoms with Crippen molar-refractivity contribution in [1.82, 2.24) is 4.98 Å². The molecule has 2 aliphatic rings. The molecule has 1 atom stereocenters. The van der Waals surface area contributed by atoms with E-state index in [9.17, 15) is 14.8 Å². The van der Waals surface area contributed by atoms with E-state index in [0.717, 1.165) is 5.57 Å². The molecule has 4 rings (SSSR count). The summed E-state index contributed by atoms with van der Waals surface area (Å²) in [7, 11) is 0. The van der Waals surface area contributed by atoms with Crippen LogP contribution in [0.2, 0.25) is 0 Å². The summed E-state index contributed by atoms with van der Waals surface area (Å²) in [5, 5.41) is 21.3.